The van der Waals surface area contributed by atoms with Crippen molar-refractivity contribution in [1.29, 1.82) is 0 Å². The van der Waals surface area contributed by atoms with Crippen LogP contribution in [-0.4, -0.2) is 23.2 Å². The van der Waals surface area contributed by atoms with Crippen molar-refractivity contribution in [2.75, 3.05) is 11.4 Å². The van der Waals surface area contributed by atoms with Gasteiger partial charge in [0, 0.05) is 11.5 Å². The van der Waals surface area contributed by atoms with Gasteiger partial charge < -0.3 is 4.90 Å². The number of nitro benzene ring substituents is 1. The van der Waals surface area contributed by atoms with Crippen LogP contribution in [0, 0.1) is 10.1 Å². The van der Waals surface area contributed by atoms with E-state index in [4.69, 9.17) is 0 Å². The van der Waals surface area contributed by atoms with E-state index in [0.717, 1.165) is 0 Å². The molecule has 0 unspecified atom stereocenters. The molecule has 1 amide bonds. The molecule has 1 aliphatic rings. The monoisotopic (exact) mass is 270 g/mol. The highest BCUT2D eigenvalue weighted by atomic mass is 16.6. The molecule has 0 radical (unpaired) electrons. The number of rotatable bonds is 2. The van der Waals surface area contributed by atoms with Crippen LogP contribution in [0.2, 0.25) is 0 Å². The second-order valence-corrected chi connectivity index (χ2v) is 4.60. The molecule has 2 aromatic carbocycles. The fourth-order valence-electron chi connectivity index (χ4n) is 2.47. The van der Waals surface area contributed by atoms with Gasteiger partial charge in [0.15, 0.2) is 5.78 Å². The Morgan fingerprint density at radius 3 is 2.35 bits per heavy atom. The largest absolute Gasteiger partial charge is 0.304 e. The third kappa shape index (κ3) is 1.82. The summed E-state index contributed by atoms with van der Waals surface area (Å²) in [6.45, 7) is 0.0284. The van der Waals surface area contributed by atoms with Crippen LogP contribution in [0.3, 0.4) is 0 Å². The quantitative estimate of drug-likeness (QED) is 0.475. The number of carbonyl (C=O) groups excluding carboxylic acids is 2. The first-order valence-electron chi connectivity index (χ1n) is 6.06. The summed E-state index contributed by atoms with van der Waals surface area (Å²) in [5.74, 6) is -0.411. The number of anilines is 1. The van der Waals surface area contributed by atoms with Gasteiger partial charge in [0.1, 0.15) is 0 Å². The standard InChI is InChI=1S/C14H10N2O4/c17-9-7-14(18)15(8-9)12-5-6-13(16(19)20)11-4-2-1-3-10(11)12/h1-6H,7-8H2. The number of hydrogen-bond acceptors (Lipinski definition) is 4. The Bertz CT molecular complexity index is 754. The maximum absolute atomic E-state index is 11.8. The average molecular weight is 270 g/mol. The zero-order chi connectivity index (χ0) is 14.3. The summed E-state index contributed by atoms with van der Waals surface area (Å²) in [6, 6.07) is 9.70. The summed E-state index contributed by atoms with van der Waals surface area (Å²) in [4.78, 5) is 35.2. The van der Waals surface area contributed by atoms with Crippen LogP contribution >= 0.6 is 0 Å². The Hall–Kier alpha value is -2.76. The molecule has 1 fully saturated rings. The molecule has 0 saturated carbocycles. The van der Waals surface area contributed by atoms with E-state index in [9.17, 15) is 19.7 Å². The first-order chi connectivity index (χ1) is 9.58. The highest BCUT2D eigenvalue weighted by molar-refractivity contribution is 6.18. The van der Waals surface area contributed by atoms with Gasteiger partial charge in [0.05, 0.1) is 29.0 Å². The molecule has 0 bridgehead atoms. The van der Waals surface area contributed by atoms with E-state index < -0.39 is 4.92 Å². The van der Waals surface area contributed by atoms with Gasteiger partial charge in [-0.3, -0.25) is 19.7 Å². The molecule has 6 heteroatoms. The minimum atomic E-state index is -0.455. The Balaban J connectivity index is 2.23. The molecule has 0 atom stereocenters. The van der Waals surface area contributed by atoms with E-state index in [0.29, 0.717) is 16.5 Å². The lowest BCUT2D eigenvalue weighted by Gasteiger charge is -2.17. The molecule has 0 N–H and O–H groups in total. The van der Waals surface area contributed by atoms with Crippen molar-refractivity contribution >= 4 is 33.8 Å². The summed E-state index contributed by atoms with van der Waals surface area (Å²) >= 11 is 0. The fraction of sp³-hybridized carbons (Fsp3) is 0.143. The summed E-state index contributed by atoms with van der Waals surface area (Å²) < 4.78 is 0. The summed E-state index contributed by atoms with van der Waals surface area (Å²) in [6.07, 6.45) is -0.106. The number of fused-ring (bicyclic) bond motifs is 1. The Morgan fingerprint density at radius 1 is 1.05 bits per heavy atom. The van der Waals surface area contributed by atoms with E-state index in [1.54, 1.807) is 24.3 Å². The van der Waals surface area contributed by atoms with E-state index in [1.165, 1.54) is 17.0 Å². The van der Waals surface area contributed by atoms with E-state index in [1.807, 2.05) is 0 Å². The second-order valence-electron chi connectivity index (χ2n) is 4.60. The minimum Gasteiger partial charge on any atom is -0.304 e. The lowest BCUT2D eigenvalue weighted by molar-refractivity contribution is -0.383. The molecule has 100 valence electrons. The predicted molar refractivity (Wildman–Crippen MR) is 72.6 cm³/mol. The number of nitro groups is 1. The van der Waals surface area contributed by atoms with Crippen LogP contribution in [0.15, 0.2) is 36.4 Å². The van der Waals surface area contributed by atoms with E-state index in [-0.39, 0.29) is 30.3 Å². The second kappa shape index (κ2) is 4.41. The third-order valence-electron chi connectivity index (χ3n) is 3.35. The van der Waals surface area contributed by atoms with Crippen molar-refractivity contribution in [3.8, 4) is 0 Å². The maximum atomic E-state index is 11.8. The van der Waals surface area contributed by atoms with Crippen LogP contribution in [0.5, 0.6) is 0 Å². The van der Waals surface area contributed by atoms with Gasteiger partial charge in [0.2, 0.25) is 5.91 Å². The van der Waals surface area contributed by atoms with Crippen LogP contribution in [0.25, 0.3) is 10.8 Å². The normalized spacial score (nSPS) is 15.1. The SMILES string of the molecule is O=C1CC(=O)N(c2ccc([N+](=O)[O-])c3ccccc23)C1. The molecule has 20 heavy (non-hydrogen) atoms. The van der Waals surface area contributed by atoms with Crippen molar-refractivity contribution < 1.29 is 14.5 Å². The van der Waals surface area contributed by atoms with Gasteiger partial charge in [-0.2, -0.15) is 0 Å². The van der Waals surface area contributed by atoms with Gasteiger partial charge in [-0.05, 0) is 12.1 Å². The van der Waals surface area contributed by atoms with Crippen molar-refractivity contribution in [2.45, 2.75) is 6.42 Å². The smallest absolute Gasteiger partial charge is 0.277 e. The first-order valence-corrected chi connectivity index (χ1v) is 6.06. The van der Waals surface area contributed by atoms with Gasteiger partial charge >= 0.3 is 0 Å². The number of carbonyl (C=O) groups is 2. The lowest BCUT2D eigenvalue weighted by atomic mass is 10.1. The molecular formula is C14H10N2O4. The third-order valence-corrected chi connectivity index (χ3v) is 3.35. The van der Waals surface area contributed by atoms with Crippen molar-refractivity contribution in [2.24, 2.45) is 0 Å². The lowest BCUT2D eigenvalue weighted by Crippen LogP contribution is -2.24. The first kappa shape index (κ1) is 12.3. The summed E-state index contributed by atoms with van der Waals surface area (Å²) in [5.41, 5.74) is 0.532. The molecule has 6 nitrogen and oxygen atoms in total. The molecule has 1 aliphatic heterocycles. The number of hydrogen-bond donors (Lipinski definition) is 0. The van der Waals surface area contributed by atoms with Crippen LogP contribution in [0.4, 0.5) is 11.4 Å². The fourth-order valence-corrected chi connectivity index (χ4v) is 2.47. The molecule has 3 rings (SSSR count). The van der Waals surface area contributed by atoms with E-state index in [2.05, 4.69) is 0 Å². The van der Waals surface area contributed by atoms with Gasteiger partial charge in [0.25, 0.3) is 5.69 Å². The number of non-ortho nitro benzene ring substituents is 1. The van der Waals surface area contributed by atoms with Crippen LogP contribution in [0.1, 0.15) is 6.42 Å². The topological polar surface area (TPSA) is 80.5 Å². The maximum Gasteiger partial charge on any atom is 0.277 e. The zero-order valence-corrected chi connectivity index (χ0v) is 10.4. The van der Waals surface area contributed by atoms with Gasteiger partial charge in [-0.1, -0.05) is 18.2 Å². The number of benzene rings is 2. The molecule has 1 heterocycles. The van der Waals surface area contributed by atoms with Crippen molar-refractivity contribution in [1.82, 2.24) is 0 Å². The number of Topliss-reactive ketones (excluding diaryl/α,β-unsaturated/α-hetero) is 1. The van der Waals surface area contributed by atoms with Crippen molar-refractivity contribution in [3.05, 3.63) is 46.5 Å². The van der Waals surface area contributed by atoms with Gasteiger partial charge in [-0.15, -0.1) is 0 Å². The number of ketones is 1. The molecule has 0 spiro atoms. The van der Waals surface area contributed by atoms with Gasteiger partial charge in [-0.25, -0.2) is 0 Å². The van der Waals surface area contributed by atoms with E-state index >= 15 is 0 Å². The molecule has 1 saturated heterocycles. The highest BCUT2D eigenvalue weighted by Crippen LogP contribution is 2.34. The Labute approximate surface area is 113 Å². The van der Waals surface area contributed by atoms with Crippen molar-refractivity contribution in [3.63, 3.8) is 0 Å². The number of amides is 1. The van der Waals surface area contributed by atoms with Crippen LogP contribution in [-0.2, 0) is 9.59 Å². The zero-order valence-electron chi connectivity index (χ0n) is 10.4. The highest BCUT2D eigenvalue weighted by Gasteiger charge is 2.30. The summed E-state index contributed by atoms with van der Waals surface area (Å²) in [5, 5.41) is 12.1. The Morgan fingerprint density at radius 2 is 1.75 bits per heavy atom. The average Bonchev–Trinajstić information content (AvgIpc) is 2.76. The molecular weight excluding hydrogens is 260 g/mol. The molecule has 0 aliphatic carbocycles. The Kier molecular flexibility index (Phi) is 2.71. The molecule has 2 aromatic rings. The number of nitrogens with zero attached hydrogens (tertiary/aromatic N) is 2. The molecule has 0 aromatic heterocycles. The predicted octanol–water partition coefficient (Wildman–Crippen LogP) is 2.05. The summed E-state index contributed by atoms with van der Waals surface area (Å²) in [7, 11) is 0. The van der Waals surface area contributed by atoms with Crippen LogP contribution < -0.4 is 4.90 Å². The minimum absolute atomic E-state index is 0.0117.